The molecule has 1 aliphatic carbocycles. The number of aromatic amines is 1. The van der Waals surface area contributed by atoms with Crippen LogP contribution in [-0.4, -0.2) is 72.3 Å². The zero-order chi connectivity index (χ0) is 25.0. The molecule has 1 spiro atoms. The normalized spacial score (nSPS) is 22.1. The van der Waals surface area contributed by atoms with Crippen LogP contribution in [0.1, 0.15) is 80.2 Å². The van der Waals surface area contributed by atoms with Gasteiger partial charge in [0.2, 0.25) is 5.95 Å². The van der Waals surface area contributed by atoms with Crippen LogP contribution in [0.25, 0.3) is 5.95 Å². The fourth-order valence-corrected chi connectivity index (χ4v) is 5.68. The Morgan fingerprint density at radius 2 is 1.91 bits per heavy atom. The van der Waals surface area contributed by atoms with Gasteiger partial charge >= 0.3 is 6.09 Å². The third-order valence-corrected chi connectivity index (χ3v) is 7.45. The van der Waals surface area contributed by atoms with E-state index in [-0.39, 0.29) is 17.6 Å². The van der Waals surface area contributed by atoms with Crippen LogP contribution in [0.15, 0.2) is 11.0 Å². The summed E-state index contributed by atoms with van der Waals surface area (Å²) in [6.07, 6.45) is 7.24. The van der Waals surface area contributed by atoms with E-state index in [1.54, 1.807) is 6.20 Å². The van der Waals surface area contributed by atoms with Crippen molar-refractivity contribution in [2.75, 3.05) is 19.6 Å². The van der Waals surface area contributed by atoms with E-state index in [1.165, 1.54) is 4.68 Å². The Morgan fingerprint density at radius 1 is 1.11 bits per heavy atom. The van der Waals surface area contributed by atoms with Gasteiger partial charge in [-0.15, -0.1) is 0 Å². The van der Waals surface area contributed by atoms with Crippen molar-refractivity contribution in [3.63, 3.8) is 0 Å². The van der Waals surface area contributed by atoms with E-state index >= 15 is 0 Å². The van der Waals surface area contributed by atoms with E-state index in [0.717, 1.165) is 56.2 Å². The number of amides is 2. The lowest BCUT2D eigenvalue weighted by Crippen LogP contribution is -2.57. The molecule has 2 aromatic heterocycles. The number of piperidine rings is 1. The number of H-pyrrole nitrogens is 1. The molecule has 10 heteroatoms. The summed E-state index contributed by atoms with van der Waals surface area (Å²) in [7, 11) is 0. The first kappa shape index (κ1) is 23.6. The number of carbonyl (C=O) groups excluding carboxylic acids is 2. The van der Waals surface area contributed by atoms with Crippen molar-refractivity contribution in [2.24, 2.45) is 0 Å². The van der Waals surface area contributed by atoms with Crippen LogP contribution in [0.3, 0.4) is 0 Å². The Labute approximate surface area is 204 Å². The van der Waals surface area contributed by atoms with Gasteiger partial charge < -0.3 is 14.5 Å². The van der Waals surface area contributed by atoms with Crippen LogP contribution in [-0.2, 0) is 17.6 Å². The predicted octanol–water partition coefficient (Wildman–Crippen LogP) is 2.76. The second-order valence-electron chi connectivity index (χ2n) is 11.0. The number of nitrogens with zero attached hydrogens (tertiary/aromatic N) is 5. The molecule has 10 nitrogen and oxygen atoms in total. The Bertz CT molecular complexity index is 1230. The summed E-state index contributed by atoms with van der Waals surface area (Å²) in [5.41, 5.74) is 1.57. The summed E-state index contributed by atoms with van der Waals surface area (Å²) in [4.78, 5) is 50.1. The highest BCUT2D eigenvalue weighted by Gasteiger charge is 2.49. The zero-order valence-corrected chi connectivity index (χ0v) is 21.0. The molecule has 1 N–H and O–H groups in total. The predicted molar refractivity (Wildman–Crippen MR) is 129 cm³/mol. The second kappa shape index (κ2) is 8.49. The molecule has 0 radical (unpaired) electrons. The lowest BCUT2D eigenvalue weighted by Gasteiger charge is -2.44. The van der Waals surface area contributed by atoms with Crippen molar-refractivity contribution < 1.29 is 14.3 Å². The average molecular weight is 483 g/mol. The minimum Gasteiger partial charge on any atom is -0.444 e. The average Bonchev–Trinajstić information content (AvgIpc) is 3.51. The Kier molecular flexibility index (Phi) is 5.72. The van der Waals surface area contributed by atoms with Gasteiger partial charge in [0.1, 0.15) is 5.60 Å². The molecule has 2 saturated heterocycles. The van der Waals surface area contributed by atoms with Crippen molar-refractivity contribution in [3.05, 3.63) is 39.1 Å². The molecular weight excluding hydrogens is 448 g/mol. The number of carbonyl (C=O) groups is 2. The van der Waals surface area contributed by atoms with Gasteiger partial charge in [0.15, 0.2) is 0 Å². The van der Waals surface area contributed by atoms with E-state index in [9.17, 15) is 14.4 Å². The summed E-state index contributed by atoms with van der Waals surface area (Å²) in [6, 6.07) is 0. The molecule has 2 fully saturated rings. The lowest BCUT2D eigenvalue weighted by atomic mass is 9.86. The Hall–Kier alpha value is -3.17. The highest BCUT2D eigenvalue weighted by molar-refractivity contribution is 5.95. The van der Waals surface area contributed by atoms with Crippen LogP contribution in [0, 0.1) is 6.92 Å². The molecule has 2 aromatic rings. The van der Waals surface area contributed by atoms with E-state index in [0.29, 0.717) is 36.8 Å². The molecule has 0 saturated carbocycles. The quantitative estimate of drug-likeness (QED) is 0.704. The lowest BCUT2D eigenvalue weighted by molar-refractivity contribution is -0.0131. The van der Waals surface area contributed by atoms with Crippen LogP contribution < -0.4 is 5.56 Å². The fraction of sp³-hybridized carbons (Fsp3) is 0.640. The number of nitrogens with one attached hydrogen (secondary N) is 1. The maximum atomic E-state index is 13.5. The van der Waals surface area contributed by atoms with Crippen LogP contribution >= 0.6 is 0 Å². The van der Waals surface area contributed by atoms with Crippen molar-refractivity contribution in [1.29, 1.82) is 0 Å². The molecule has 3 aliphatic rings. The van der Waals surface area contributed by atoms with Crippen LogP contribution in [0.4, 0.5) is 4.79 Å². The minimum absolute atomic E-state index is 0.121. The Morgan fingerprint density at radius 3 is 2.69 bits per heavy atom. The van der Waals surface area contributed by atoms with Gasteiger partial charge in [-0.2, -0.15) is 5.10 Å². The molecule has 4 heterocycles. The van der Waals surface area contributed by atoms with Gasteiger partial charge in [-0.05, 0) is 72.6 Å². The maximum absolute atomic E-state index is 13.5. The monoisotopic (exact) mass is 482 g/mol. The van der Waals surface area contributed by atoms with Crippen LogP contribution in [0.2, 0.25) is 0 Å². The number of rotatable bonds is 2. The first-order valence-corrected chi connectivity index (χ1v) is 12.5. The SMILES string of the molecule is Cc1c(C(=O)N2CCC3(CCCCN3C(=O)OC(C)(C)C)C2)cnn1-c1nc2c(c(=O)[nH]1)CCC2. The van der Waals surface area contributed by atoms with E-state index in [1.807, 2.05) is 37.5 Å². The summed E-state index contributed by atoms with van der Waals surface area (Å²) in [5, 5.41) is 4.38. The summed E-state index contributed by atoms with van der Waals surface area (Å²) < 4.78 is 7.23. The molecule has 1 unspecified atom stereocenters. The maximum Gasteiger partial charge on any atom is 0.410 e. The second-order valence-corrected chi connectivity index (χ2v) is 11.0. The van der Waals surface area contributed by atoms with Gasteiger partial charge in [-0.3, -0.25) is 14.6 Å². The third-order valence-electron chi connectivity index (χ3n) is 7.45. The molecule has 2 aliphatic heterocycles. The van der Waals surface area contributed by atoms with Gasteiger partial charge in [-0.1, -0.05) is 0 Å². The topological polar surface area (TPSA) is 113 Å². The number of aromatic nitrogens is 4. The zero-order valence-electron chi connectivity index (χ0n) is 21.0. The highest BCUT2D eigenvalue weighted by atomic mass is 16.6. The molecule has 5 rings (SSSR count). The summed E-state index contributed by atoms with van der Waals surface area (Å²) in [5.74, 6) is 0.220. The van der Waals surface area contributed by atoms with E-state index in [2.05, 4.69) is 15.1 Å². The number of aryl methyl sites for hydroxylation is 1. The van der Waals surface area contributed by atoms with Gasteiger partial charge in [0.05, 0.1) is 28.7 Å². The fourth-order valence-electron chi connectivity index (χ4n) is 5.68. The number of hydrogen-bond donors (Lipinski definition) is 1. The van der Waals surface area contributed by atoms with E-state index < -0.39 is 11.1 Å². The molecule has 1 atom stereocenters. The number of likely N-dealkylation sites (tertiary alicyclic amines) is 2. The summed E-state index contributed by atoms with van der Waals surface area (Å²) >= 11 is 0. The molecule has 188 valence electrons. The first-order valence-electron chi connectivity index (χ1n) is 12.5. The Balaban J connectivity index is 1.37. The molecule has 0 bridgehead atoms. The molecular formula is C25H34N6O4. The largest absolute Gasteiger partial charge is 0.444 e. The molecule has 0 aromatic carbocycles. The van der Waals surface area contributed by atoms with Crippen molar-refractivity contribution in [1.82, 2.24) is 29.5 Å². The van der Waals surface area contributed by atoms with Crippen molar-refractivity contribution in [2.45, 2.75) is 83.8 Å². The highest BCUT2D eigenvalue weighted by Crippen LogP contribution is 2.38. The van der Waals surface area contributed by atoms with E-state index in [4.69, 9.17) is 4.74 Å². The number of ether oxygens (including phenoxy) is 1. The van der Waals surface area contributed by atoms with Crippen molar-refractivity contribution >= 4 is 12.0 Å². The van der Waals surface area contributed by atoms with Gasteiger partial charge in [-0.25, -0.2) is 14.5 Å². The first-order chi connectivity index (χ1) is 16.6. The molecule has 2 amide bonds. The van der Waals surface area contributed by atoms with Gasteiger partial charge in [0, 0.05) is 25.2 Å². The van der Waals surface area contributed by atoms with Gasteiger partial charge in [0.25, 0.3) is 11.5 Å². The molecule has 35 heavy (non-hydrogen) atoms. The van der Waals surface area contributed by atoms with Crippen molar-refractivity contribution in [3.8, 4) is 5.95 Å². The van der Waals surface area contributed by atoms with Crippen LogP contribution in [0.5, 0.6) is 0 Å². The summed E-state index contributed by atoms with van der Waals surface area (Å²) in [6.45, 7) is 9.11. The standard InChI is InChI=1S/C25H34N6O4/c1-16-18(14-26-31(16)22-27-19-9-7-8-17(19)20(32)28-22)21(33)29-13-11-25(15-29)10-5-6-12-30(25)23(34)35-24(2,3)4/h14H,5-13,15H2,1-4H3,(H,27,28,32). The third kappa shape index (κ3) is 4.23. The smallest absolute Gasteiger partial charge is 0.410 e. The minimum atomic E-state index is -0.567. The number of fused-ring (bicyclic) bond motifs is 1. The number of hydrogen-bond acceptors (Lipinski definition) is 6.